The first-order chi connectivity index (χ1) is 20.0. The summed E-state index contributed by atoms with van der Waals surface area (Å²) >= 11 is 0. The van der Waals surface area contributed by atoms with E-state index in [0.29, 0.717) is 12.8 Å². The Morgan fingerprint density at radius 2 is 0.878 bits per heavy atom. The third kappa shape index (κ3) is 30.6. The molecule has 1 amide bonds. The molecule has 0 spiro atoms. The highest BCUT2D eigenvalue weighted by atomic mass is 16.3. The molecule has 0 aromatic heterocycles. The molecule has 0 saturated heterocycles. The van der Waals surface area contributed by atoms with Crippen LogP contribution in [0.4, 0.5) is 0 Å². The molecule has 41 heavy (non-hydrogen) atoms. The zero-order valence-electron chi connectivity index (χ0n) is 28.2. The second-order valence-electron chi connectivity index (χ2n) is 13.5. The quantitative estimate of drug-likeness (QED) is 0.0675. The highest BCUT2D eigenvalue weighted by molar-refractivity contribution is 5.76. The number of rotatable bonds is 33. The van der Waals surface area contributed by atoms with E-state index in [0.717, 1.165) is 31.6 Å². The standard InChI is InChI=1S/C37H75NO3/c1-4-5-6-7-8-9-10-11-12-13-14-15-16-20-23-26-29-32-37(41)38-35(33-39)36(40)31-28-25-22-19-17-18-21-24-27-30-34(2)3/h34-36,39-40H,4-33H2,1-3H3,(H,38,41)/t35-,36+/m0/s1. The minimum atomic E-state index is -0.652. The Labute approximate surface area is 257 Å². The van der Waals surface area contributed by atoms with Crippen molar-refractivity contribution in [1.82, 2.24) is 5.32 Å². The van der Waals surface area contributed by atoms with Crippen molar-refractivity contribution in [1.29, 1.82) is 0 Å². The zero-order chi connectivity index (χ0) is 30.2. The molecule has 0 aliphatic rings. The molecule has 0 bridgehead atoms. The van der Waals surface area contributed by atoms with E-state index < -0.39 is 12.1 Å². The maximum atomic E-state index is 12.3. The maximum absolute atomic E-state index is 12.3. The summed E-state index contributed by atoms with van der Waals surface area (Å²) in [5.41, 5.74) is 0. The molecular formula is C37H75NO3. The molecule has 0 aromatic rings. The van der Waals surface area contributed by atoms with Gasteiger partial charge in [0.1, 0.15) is 0 Å². The van der Waals surface area contributed by atoms with E-state index in [-0.39, 0.29) is 12.5 Å². The summed E-state index contributed by atoms with van der Waals surface area (Å²) in [4.78, 5) is 12.3. The van der Waals surface area contributed by atoms with Crippen molar-refractivity contribution in [2.24, 2.45) is 5.92 Å². The third-order valence-corrected chi connectivity index (χ3v) is 8.80. The summed E-state index contributed by atoms with van der Waals surface area (Å²) in [5, 5.41) is 23.0. The van der Waals surface area contributed by atoms with E-state index in [1.165, 1.54) is 148 Å². The molecule has 0 saturated carbocycles. The van der Waals surface area contributed by atoms with Crippen LogP contribution in [0.15, 0.2) is 0 Å². The Hall–Kier alpha value is -0.610. The molecule has 0 unspecified atom stereocenters. The van der Waals surface area contributed by atoms with Gasteiger partial charge in [-0.25, -0.2) is 0 Å². The molecule has 0 heterocycles. The van der Waals surface area contributed by atoms with Crippen molar-refractivity contribution in [3.8, 4) is 0 Å². The van der Waals surface area contributed by atoms with Crippen LogP contribution in [0.2, 0.25) is 0 Å². The third-order valence-electron chi connectivity index (χ3n) is 8.80. The molecule has 0 fully saturated rings. The lowest BCUT2D eigenvalue weighted by atomic mass is 10.0. The summed E-state index contributed by atoms with van der Waals surface area (Å²) in [6.07, 6.45) is 35.9. The number of nitrogens with one attached hydrogen (secondary N) is 1. The molecule has 0 aliphatic carbocycles. The minimum absolute atomic E-state index is 0.0301. The fourth-order valence-electron chi connectivity index (χ4n) is 5.90. The van der Waals surface area contributed by atoms with Crippen LogP contribution >= 0.6 is 0 Å². The topological polar surface area (TPSA) is 69.6 Å². The number of hydrogen-bond acceptors (Lipinski definition) is 3. The van der Waals surface area contributed by atoms with Gasteiger partial charge in [0.2, 0.25) is 5.91 Å². The number of aliphatic hydroxyl groups is 2. The van der Waals surface area contributed by atoms with E-state index in [1.807, 2.05) is 0 Å². The molecule has 4 nitrogen and oxygen atoms in total. The van der Waals surface area contributed by atoms with Crippen molar-refractivity contribution in [3.05, 3.63) is 0 Å². The van der Waals surface area contributed by atoms with Crippen LogP contribution in [0.5, 0.6) is 0 Å². The van der Waals surface area contributed by atoms with Crippen molar-refractivity contribution in [2.45, 2.75) is 219 Å². The van der Waals surface area contributed by atoms with Gasteiger partial charge in [-0.15, -0.1) is 0 Å². The Morgan fingerprint density at radius 1 is 0.537 bits per heavy atom. The van der Waals surface area contributed by atoms with Crippen LogP contribution in [-0.4, -0.2) is 34.9 Å². The number of aliphatic hydroxyl groups excluding tert-OH is 2. The number of carbonyl (C=O) groups is 1. The molecule has 2 atom stereocenters. The van der Waals surface area contributed by atoms with E-state index in [1.54, 1.807) is 0 Å². The highest BCUT2D eigenvalue weighted by Gasteiger charge is 2.19. The first kappa shape index (κ1) is 40.4. The lowest BCUT2D eigenvalue weighted by molar-refractivity contribution is -0.123. The Balaban J connectivity index is 3.51. The van der Waals surface area contributed by atoms with Gasteiger partial charge in [-0.3, -0.25) is 4.79 Å². The largest absolute Gasteiger partial charge is 0.394 e. The van der Waals surface area contributed by atoms with E-state index in [9.17, 15) is 15.0 Å². The van der Waals surface area contributed by atoms with Gasteiger partial charge in [0.15, 0.2) is 0 Å². The fraction of sp³-hybridized carbons (Fsp3) is 0.973. The van der Waals surface area contributed by atoms with E-state index >= 15 is 0 Å². The zero-order valence-corrected chi connectivity index (χ0v) is 28.2. The van der Waals surface area contributed by atoms with Gasteiger partial charge < -0.3 is 15.5 Å². The first-order valence-corrected chi connectivity index (χ1v) is 18.6. The Bertz CT molecular complexity index is 524. The lowest BCUT2D eigenvalue weighted by Crippen LogP contribution is -2.45. The normalized spacial score (nSPS) is 13.1. The van der Waals surface area contributed by atoms with Crippen LogP contribution < -0.4 is 5.32 Å². The van der Waals surface area contributed by atoms with Gasteiger partial charge in [0.25, 0.3) is 0 Å². The highest BCUT2D eigenvalue weighted by Crippen LogP contribution is 2.16. The summed E-state index contributed by atoms with van der Waals surface area (Å²) < 4.78 is 0. The van der Waals surface area contributed by atoms with Gasteiger partial charge in [-0.05, 0) is 18.8 Å². The molecule has 4 heteroatoms. The second-order valence-corrected chi connectivity index (χ2v) is 13.5. The molecule has 0 aliphatic heterocycles. The number of carbonyl (C=O) groups excluding carboxylic acids is 1. The van der Waals surface area contributed by atoms with Crippen molar-refractivity contribution in [3.63, 3.8) is 0 Å². The SMILES string of the molecule is CCCCCCCCCCCCCCCCCCCC(=O)N[C@@H](CO)[C@H](O)CCCCCCCCCCCC(C)C. The van der Waals surface area contributed by atoms with Crippen LogP contribution in [0.25, 0.3) is 0 Å². The summed E-state index contributed by atoms with van der Waals surface area (Å²) in [6, 6.07) is -0.529. The average Bonchev–Trinajstić information content (AvgIpc) is 2.95. The van der Waals surface area contributed by atoms with Crippen LogP contribution in [0.3, 0.4) is 0 Å². The average molecular weight is 582 g/mol. The van der Waals surface area contributed by atoms with Crippen LogP contribution in [0.1, 0.15) is 207 Å². The summed E-state index contributed by atoms with van der Waals surface area (Å²) in [5.74, 6) is 0.801. The number of amides is 1. The Kier molecular flexibility index (Phi) is 31.8. The van der Waals surface area contributed by atoms with E-state index in [2.05, 4.69) is 26.1 Å². The fourth-order valence-corrected chi connectivity index (χ4v) is 5.90. The van der Waals surface area contributed by atoms with Gasteiger partial charge in [0, 0.05) is 6.42 Å². The van der Waals surface area contributed by atoms with Gasteiger partial charge >= 0.3 is 0 Å². The molecule has 3 N–H and O–H groups in total. The van der Waals surface area contributed by atoms with E-state index in [4.69, 9.17) is 0 Å². The number of unbranched alkanes of at least 4 members (excludes halogenated alkanes) is 24. The molecular weight excluding hydrogens is 506 g/mol. The Morgan fingerprint density at radius 3 is 1.24 bits per heavy atom. The molecule has 0 rings (SSSR count). The smallest absolute Gasteiger partial charge is 0.220 e. The number of hydrogen-bond donors (Lipinski definition) is 3. The van der Waals surface area contributed by atoms with Crippen molar-refractivity contribution in [2.75, 3.05) is 6.61 Å². The van der Waals surface area contributed by atoms with Gasteiger partial charge in [0.05, 0.1) is 18.8 Å². The van der Waals surface area contributed by atoms with Crippen LogP contribution in [-0.2, 0) is 4.79 Å². The maximum Gasteiger partial charge on any atom is 0.220 e. The lowest BCUT2D eigenvalue weighted by Gasteiger charge is -2.22. The molecule has 0 radical (unpaired) electrons. The summed E-state index contributed by atoms with van der Waals surface area (Å²) in [6.45, 7) is 6.69. The monoisotopic (exact) mass is 582 g/mol. The van der Waals surface area contributed by atoms with Crippen LogP contribution in [0, 0.1) is 5.92 Å². The molecule has 246 valence electrons. The van der Waals surface area contributed by atoms with Crippen molar-refractivity contribution < 1.29 is 15.0 Å². The van der Waals surface area contributed by atoms with Gasteiger partial charge in [-0.1, -0.05) is 188 Å². The second kappa shape index (κ2) is 32.3. The predicted octanol–water partition coefficient (Wildman–Crippen LogP) is 10.8. The first-order valence-electron chi connectivity index (χ1n) is 18.6. The van der Waals surface area contributed by atoms with Crippen molar-refractivity contribution >= 4 is 5.91 Å². The molecule has 0 aromatic carbocycles. The summed E-state index contributed by atoms with van der Waals surface area (Å²) in [7, 11) is 0. The predicted molar refractivity (Wildman–Crippen MR) is 179 cm³/mol. The van der Waals surface area contributed by atoms with Gasteiger partial charge in [-0.2, -0.15) is 0 Å². The minimum Gasteiger partial charge on any atom is -0.394 e.